The fourth-order valence-electron chi connectivity index (χ4n) is 0.835. The molecule has 0 bridgehead atoms. The van der Waals surface area contributed by atoms with Gasteiger partial charge in [0.05, 0.1) is 0 Å². The first-order valence-electron chi connectivity index (χ1n) is 3.57. The van der Waals surface area contributed by atoms with Gasteiger partial charge in [-0.2, -0.15) is 0 Å². The molecule has 0 aromatic rings. The third kappa shape index (κ3) is 2.82. The van der Waals surface area contributed by atoms with Crippen molar-refractivity contribution in [3.63, 3.8) is 0 Å². The smallest absolute Gasteiger partial charge is 0.256 e. The molecule has 0 radical (unpaired) electrons. The SMILES string of the molecule is [C-]#[N+]C(CCC)C(C)(C)F. The number of hydrogen-bond acceptors (Lipinski definition) is 0. The average molecular weight is 143 g/mol. The standard InChI is InChI=1S/C8H14FN/c1-5-6-7(10-4)8(2,3)9/h7H,5-6H2,1-3H3. The summed E-state index contributed by atoms with van der Waals surface area (Å²) in [4.78, 5) is 3.22. The Morgan fingerprint density at radius 1 is 1.60 bits per heavy atom. The molecule has 0 N–H and O–H groups in total. The van der Waals surface area contributed by atoms with Gasteiger partial charge < -0.3 is 4.85 Å². The van der Waals surface area contributed by atoms with Crippen LogP contribution in [0.4, 0.5) is 4.39 Å². The molecule has 0 heterocycles. The van der Waals surface area contributed by atoms with Crippen molar-refractivity contribution in [2.75, 3.05) is 0 Å². The van der Waals surface area contributed by atoms with Gasteiger partial charge in [0.2, 0.25) is 0 Å². The topological polar surface area (TPSA) is 4.36 Å². The monoisotopic (exact) mass is 143 g/mol. The predicted octanol–water partition coefficient (Wildman–Crippen LogP) is 2.82. The molecule has 1 unspecified atom stereocenters. The van der Waals surface area contributed by atoms with E-state index in [4.69, 9.17) is 6.57 Å². The van der Waals surface area contributed by atoms with E-state index in [-0.39, 0.29) is 0 Å². The molecule has 0 aliphatic heterocycles. The van der Waals surface area contributed by atoms with Gasteiger partial charge in [0.25, 0.3) is 6.04 Å². The molecule has 0 rings (SSSR count). The number of halogens is 1. The van der Waals surface area contributed by atoms with Crippen molar-refractivity contribution in [1.82, 2.24) is 0 Å². The number of nitrogens with zero attached hydrogens (tertiary/aromatic N) is 1. The summed E-state index contributed by atoms with van der Waals surface area (Å²) in [5.41, 5.74) is -1.34. The minimum atomic E-state index is -1.34. The highest BCUT2D eigenvalue weighted by molar-refractivity contribution is 4.92. The van der Waals surface area contributed by atoms with Gasteiger partial charge >= 0.3 is 0 Å². The maximum absolute atomic E-state index is 13.0. The van der Waals surface area contributed by atoms with Gasteiger partial charge in [-0.05, 0) is 20.3 Å². The van der Waals surface area contributed by atoms with Crippen LogP contribution < -0.4 is 0 Å². The third-order valence-electron chi connectivity index (χ3n) is 1.51. The van der Waals surface area contributed by atoms with Crippen LogP contribution >= 0.6 is 0 Å². The molecular formula is C8H14FN. The second-order valence-corrected chi connectivity index (χ2v) is 3.00. The highest BCUT2D eigenvalue weighted by Gasteiger charge is 2.33. The first kappa shape index (κ1) is 9.42. The zero-order valence-corrected chi connectivity index (χ0v) is 6.82. The Kier molecular flexibility index (Phi) is 3.35. The number of rotatable bonds is 3. The first-order valence-corrected chi connectivity index (χ1v) is 3.57. The Morgan fingerprint density at radius 3 is 2.20 bits per heavy atom. The van der Waals surface area contributed by atoms with Crippen LogP contribution in [-0.4, -0.2) is 11.7 Å². The summed E-state index contributed by atoms with van der Waals surface area (Å²) in [5, 5.41) is 0. The van der Waals surface area contributed by atoms with Gasteiger partial charge in [-0.25, -0.2) is 11.0 Å². The van der Waals surface area contributed by atoms with Gasteiger partial charge in [0.15, 0.2) is 5.67 Å². The zero-order valence-electron chi connectivity index (χ0n) is 6.82. The van der Waals surface area contributed by atoms with Crippen molar-refractivity contribution in [1.29, 1.82) is 0 Å². The lowest BCUT2D eigenvalue weighted by molar-refractivity contribution is 0.186. The first-order chi connectivity index (χ1) is 4.52. The summed E-state index contributed by atoms with van der Waals surface area (Å²) in [7, 11) is 0. The van der Waals surface area contributed by atoms with Crippen molar-refractivity contribution in [3.8, 4) is 0 Å². The molecule has 0 fully saturated rings. The van der Waals surface area contributed by atoms with E-state index in [9.17, 15) is 4.39 Å². The normalized spacial score (nSPS) is 14.3. The second-order valence-electron chi connectivity index (χ2n) is 3.00. The Labute approximate surface area is 62.1 Å². The van der Waals surface area contributed by atoms with Gasteiger partial charge in [-0.3, -0.25) is 0 Å². The molecule has 58 valence electrons. The van der Waals surface area contributed by atoms with E-state index >= 15 is 0 Å². The molecular weight excluding hydrogens is 129 g/mol. The molecule has 1 nitrogen and oxygen atoms in total. The van der Waals surface area contributed by atoms with E-state index in [0.717, 1.165) is 6.42 Å². The van der Waals surface area contributed by atoms with Crippen molar-refractivity contribution in [2.45, 2.75) is 45.3 Å². The lowest BCUT2D eigenvalue weighted by Gasteiger charge is -2.15. The molecule has 0 amide bonds. The Bertz CT molecular complexity index is 129. The summed E-state index contributed by atoms with van der Waals surface area (Å²) in [6.45, 7) is 11.6. The predicted molar refractivity (Wildman–Crippen MR) is 40.5 cm³/mol. The van der Waals surface area contributed by atoms with E-state index in [2.05, 4.69) is 4.85 Å². The minimum absolute atomic E-state index is 0.461. The van der Waals surface area contributed by atoms with E-state index in [1.54, 1.807) is 0 Å². The van der Waals surface area contributed by atoms with Crippen LogP contribution in [0.25, 0.3) is 4.85 Å². The Morgan fingerprint density at radius 2 is 2.10 bits per heavy atom. The Hall–Kier alpha value is -0.580. The Balaban J connectivity index is 3.98. The lowest BCUT2D eigenvalue weighted by atomic mass is 9.98. The molecule has 0 aliphatic carbocycles. The maximum atomic E-state index is 13.0. The van der Waals surface area contributed by atoms with Crippen molar-refractivity contribution >= 4 is 0 Å². The van der Waals surface area contributed by atoms with Gasteiger partial charge in [0.1, 0.15) is 0 Å². The largest absolute Gasteiger partial charge is 0.310 e. The zero-order chi connectivity index (χ0) is 8.20. The molecule has 0 saturated heterocycles. The second kappa shape index (κ2) is 3.55. The molecule has 0 saturated carbocycles. The summed E-state index contributed by atoms with van der Waals surface area (Å²) in [6.07, 6.45) is 1.54. The molecule has 1 atom stereocenters. The van der Waals surface area contributed by atoms with Crippen LogP contribution in [0.1, 0.15) is 33.6 Å². The summed E-state index contributed by atoms with van der Waals surface area (Å²) >= 11 is 0. The lowest BCUT2D eigenvalue weighted by Crippen LogP contribution is -2.28. The minimum Gasteiger partial charge on any atom is -0.310 e. The fourth-order valence-corrected chi connectivity index (χ4v) is 0.835. The van der Waals surface area contributed by atoms with Crippen LogP contribution in [-0.2, 0) is 0 Å². The highest BCUT2D eigenvalue weighted by Crippen LogP contribution is 2.21. The van der Waals surface area contributed by atoms with Crippen molar-refractivity contribution < 1.29 is 4.39 Å². The highest BCUT2D eigenvalue weighted by atomic mass is 19.1. The molecule has 0 aromatic heterocycles. The quantitative estimate of drug-likeness (QED) is 0.535. The maximum Gasteiger partial charge on any atom is 0.256 e. The van der Waals surface area contributed by atoms with E-state index in [1.807, 2.05) is 6.92 Å². The van der Waals surface area contributed by atoms with Crippen LogP contribution in [0.3, 0.4) is 0 Å². The van der Waals surface area contributed by atoms with E-state index < -0.39 is 11.7 Å². The van der Waals surface area contributed by atoms with Crippen LogP contribution in [0, 0.1) is 6.57 Å². The summed E-state index contributed by atoms with van der Waals surface area (Å²) in [5.74, 6) is 0. The molecule has 0 aromatic carbocycles. The van der Waals surface area contributed by atoms with E-state index in [1.165, 1.54) is 13.8 Å². The van der Waals surface area contributed by atoms with Crippen molar-refractivity contribution in [2.24, 2.45) is 0 Å². The average Bonchev–Trinajstić information content (AvgIpc) is 1.80. The van der Waals surface area contributed by atoms with Crippen LogP contribution in [0.5, 0.6) is 0 Å². The summed E-state index contributed by atoms with van der Waals surface area (Å²) < 4.78 is 13.0. The number of alkyl halides is 1. The molecule has 2 heteroatoms. The fraction of sp³-hybridized carbons (Fsp3) is 0.875. The van der Waals surface area contributed by atoms with Crippen LogP contribution in [0.15, 0.2) is 0 Å². The van der Waals surface area contributed by atoms with Gasteiger partial charge in [-0.1, -0.05) is 6.92 Å². The van der Waals surface area contributed by atoms with Gasteiger partial charge in [0, 0.05) is 6.42 Å². The third-order valence-corrected chi connectivity index (χ3v) is 1.51. The van der Waals surface area contributed by atoms with E-state index in [0.29, 0.717) is 6.42 Å². The molecule has 0 spiro atoms. The summed E-state index contributed by atoms with van der Waals surface area (Å²) in [6, 6.07) is -0.461. The van der Waals surface area contributed by atoms with Crippen LogP contribution in [0.2, 0.25) is 0 Å². The number of hydrogen-bond donors (Lipinski definition) is 0. The van der Waals surface area contributed by atoms with Gasteiger partial charge in [-0.15, -0.1) is 0 Å². The molecule has 10 heavy (non-hydrogen) atoms. The van der Waals surface area contributed by atoms with Crippen molar-refractivity contribution in [3.05, 3.63) is 11.4 Å². The molecule has 0 aliphatic rings.